The molecule has 1 N–H and O–H groups in total. The first kappa shape index (κ1) is 32.9. The molecule has 0 bridgehead atoms. The molecule has 3 rings (SSSR count). The molecule has 2 amide bonds. The van der Waals surface area contributed by atoms with Crippen LogP contribution in [0.5, 0.6) is 11.5 Å². The first-order valence-corrected chi connectivity index (χ1v) is 16.0. The molecule has 0 aliphatic carbocycles. The molecular formula is C31H38BrN3O6S. The maximum Gasteiger partial charge on any atom is 0.244 e. The van der Waals surface area contributed by atoms with Gasteiger partial charge < -0.3 is 19.7 Å². The molecule has 0 fully saturated rings. The summed E-state index contributed by atoms with van der Waals surface area (Å²) in [6.07, 6.45) is 1.27. The summed E-state index contributed by atoms with van der Waals surface area (Å²) in [5.41, 5.74) is 1.31. The Kier molecular flexibility index (Phi) is 11.0. The SMILES string of the molecule is COc1ccc(N(CC(=O)N(Cc2ccc(Br)cc2)[C@@H](Cc2ccccc2)C(=O)NC(C)(C)C)S(C)(=O)=O)cc1OC. The normalized spacial score (nSPS) is 12.3. The first-order chi connectivity index (χ1) is 19.7. The van der Waals surface area contributed by atoms with Crippen LogP contribution in [-0.2, 0) is 32.6 Å². The minimum atomic E-state index is -3.92. The van der Waals surface area contributed by atoms with Crippen molar-refractivity contribution in [2.45, 2.75) is 45.3 Å². The van der Waals surface area contributed by atoms with Gasteiger partial charge in [0.1, 0.15) is 12.6 Å². The average Bonchev–Trinajstić information content (AvgIpc) is 2.93. The molecule has 0 unspecified atom stereocenters. The van der Waals surface area contributed by atoms with Gasteiger partial charge in [0, 0.05) is 29.0 Å². The molecule has 0 aromatic heterocycles. The summed E-state index contributed by atoms with van der Waals surface area (Å²) in [6.45, 7) is 5.17. The number of hydrogen-bond donors (Lipinski definition) is 1. The Balaban J connectivity index is 2.09. The Morgan fingerprint density at radius 3 is 2.07 bits per heavy atom. The summed E-state index contributed by atoms with van der Waals surface area (Å²) >= 11 is 3.44. The van der Waals surface area contributed by atoms with E-state index in [1.54, 1.807) is 12.1 Å². The van der Waals surface area contributed by atoms with Gasteiger partial charge >= 0.3 is 0 Å². The van der Waals surface area contributed by atoms with Crippen LogP contribution in [0.2, 0.25) is 0 Å². The highest BCUT2D eigenvalue weighted by Gasteiger charge is 2.34. The Morgan fingerprint density at radius 1 is 0.905 bits per heavy atom. The lowest BCUT2D eigenvalue weighted by Crippen LogP contribution is -2.56. The van der Waals surface area contributed by atoms with E-state index in [1.165, 1.54) is 25.2 Å². The van der Waals surface area contributed by atoms with Crippen molar-refractivity contribution in [2.75, 3.05) is 31.3 Å². The van der Waals surface area contributed by atoms with Gasteiger partial charge in [0.2, 0.25) is 21.8 Å². The zero-order chi connectivity index (χ0) is 31.1. The molecule has 11 heteroatoms. The molecule has 3 aromatic rings. The van der Waals surface area contributed by atoms with Gasteiger partial charge in [-0.3, -0.25) is 13.9 Å². The smallest absolute Gasteiger partial charge is 0.244 e. The Labute approximate surface area is 257 Å². The van der Waals surface area contributed by atoms with Gasteiger partial charge in [-0.15, -0.1) is 0 Å². The molecule has 0 saturated heterocycles. The van der Waals surface area contributed by atoms with Crippen molar-refractivity contribution >= 4 is 43.5 Å². The third kappa shape index (κ3) is 9.22. The molecule has 42 heavy (non-hydrogen) atoms. The number of methoxy groups -OCH3 is 2. The molecule has 1 atom stereocenters. The number of anilines is 1. The van der Waals surface area contributed by atoms with Crippen LogP contribution in [0.1, 0.15) is 31.9 Å². The number of benzene rings is 3. The van der Waals surface area contributed by atoms with Crippen LogP contribution in [0, 0.1) is 0 Å². The maximum atomic E-state index is 14.2. The topological polar surface area (TPSA) is 105 Å². The molecule has 0 heterocycles. The van der Waals surface area contributed by atoms with Crippen molar-refractivity contribution in [1.82, 2.24) is 10.2 Å². The van der Waals surface area contributed by atoms with Crippen molar-refractivity contribution in [3.8, 4) is 11.5 Å². The van der Waals surface area contributed by atoms with Crippen molar-refractivity contribution in [3.05, 3.63) is 88.4 Å². The highest BCUT2D eigenvalue weighted by atomic mass is 79.9. The minimum absolute atomic E-state index is 0.0880. The second-order valence-corrected chi connectivity index (χ2v) is 13.7. The number of nitrogens with one attached hydrogen (secondary N) is 1. The van der Waals surface area contributed by atoms with Gasteiger partial charge in [0.05, 0.1) is 26.2 Å². The molecule has 0 radical (unpaired) electrons. The van der Waals surface area contributed by atoms with Gasteiger partial charge in [0.15, 0.2) is 11.5 Å². The molecule has 3 aromatic carbocycles. The fourth-order valence-electron chi connectivity index (χ4n) is 4.39. The van der Waals surface area contributed by atoms with E-state index >= 15 is 0 Å². The van der Waals surface area contributed by atoms with Crippen LogP contribution in [0.4, 0.5) is 5.69 Å². The molecule has 0 aliphatic heterocycles. The van der Waals surface area contributed by atoms with Crippen LogP contribution in [0.25, 0.3) is 0 Å². The fraction of sp³-hybridized carbons (Fsp3) is 0.355. The van der Waals surface area contributed by atoms with Gasteiger partial charge in [-0.25, -0.2) is 8.42 Å². The van der Waals surface area contributed by atoms with E-state index in [2.05, 4.69) is 21.2 Å². The summed E-state index contributed by atoms with van der Waals surface area (Å²) in [5.74, 6) is -0.147. The Morgan fingerprint density at radius 2 is 1.52 bits per heavy atom. The van der Waals surface area contributed by atoms with E-state index in [9.17, 15) is 18.0 Å². The standard InChI is InChI=1S/C31H38BrN3O6S/c1-31(2,3)33-30(37)26(18-22-10-8-7-9-11-22)34(20-23-12-14-24(32)15-13-23)29(36)21-35(42(6,38)39)25-16-17-27(40-4)28(19-25)41-5/h7-17,19,26H,18,20-21H2,1-6H3,(H,33,37)/t26-/m0/s1. The van der Waals surface area contributed by atoms with E-state index < -0.39 is 34.1 Å². The summed E-state index contributed by atoms with van der Waals surface area (Å²) < 4.78 is 38.6. The highest BCUT2D eigenvalue weighted by Crippen LogP contribution is 2.32. The maximum absolute atomic E-state index is 14.2. The van der Waals surface area contributed by atoms with Crippen molar-refractivity contribution in [1.29, 1.82) is 0 Å². The van der Waals surface area contributed by atoms with Crippen LogP contribution in [-0.4, -0.2) is 63.7 Å². The van der Waals surface area contributed by atoms with E-state index in [1.807, 2.05) is 75.4 Å². The third-order valence-corrected chi connectivity index (χ3v) is 8.04. The zero-order valence-corrected chi connectivity index (χ0v) is 27.2. The number of halogens is 1. The monoisotopic (exact) mass is 659 g/mol. The van der Waals surface area contributed by atoms with Crippen LogP contribution < -0.4 is 19.1 Å². The predicted molar refractivity (Wildman–Crippen MR) is 168 cm³/mol. The van der Waals surface area contributed by atoms with Crippen LogP contribution >= 0.6 is 15.9 Å². The summed E-state index contributed by atoms with van der Waals surface area (Å²) in [5, 5.41) is 3.01. The molecule has 0 aliphatic rings. The van der Waals surface area contributed by atoms with E-state index in [4.69, 9.17) is 9.47 Å². The molecule has 9 nitrogen and oxygen atoms in total. The summed E-state index contributed by atoms with van der Waals surface area (Å²) in [6, 6.07) is 20.5. The highest BCUT2D eigenvalue weighted by molar-refractivity contribution is 9.10. The fourth-order valence-corrected chi connectivity index (χ4v) is 5.49. The van der Waals surface area contributed by atoms with Gasteiger partial charge in [-0.05, 0) is 56.2 Å². The second kappa shape index (κ2) is 14.1. The predicted octanol–water partition coefficient (Wildman–Crippen LogP) is 4.79. The number of amides is 2. The lowest BCUT2D eigenvalue weighted by atomic mass is 10.0. The van der Waals surface area contributed by atoms with Gasteiger partial charge in [0.25, 0.3) is 0 Å². The molecule has 0 spiro atoms. The number of nitrogens with zero attached hydrogens (tertiary/aromatic N) is 2. The van der Waals surface area contributed by atoms with Gasteiger partial charge in [-0.1, -0.05) is 58.4 Å². The van der Waals surface area contributed by atoms with Crippen molar-refractivity contribution in [2.24, 2.45) is 0 Å². The van der Waals surface area contributed by atoms with E-state index in [0.29, 0.717) is 11.5 Å². The Bertz CT molecular complexity index is 1470. The second-order valence-electron chi connectivity index (χ2n) is 10.9. The summed E-state index contributed by atoms with van der Waals surface area (Å²) in [7, 11) is -0.999. The van der Waals surface area contributed by atoms with E-state index in [0.717, 1.165) is 26.2 Å². The summed E-state index contributed by atoms with van der Waals surface area (Å²) in [4.78, 5) is 29.4. The van der Waals surface area contributed by atoms with Crippen LogP contribution in [0.15, 0.2) is 77.3 Å². The lowest BCUT2D eigenvalue weighted by Gasteiger charge is -2.35. The molecule has 226 valence electrons. The number of carbonyl (C=O) groups is 2. The molecular weight excluding hydrogens is 622 g/mol. The Hall–Kier alpha value is -3.57. The average molecular weight is 661 g/mol. The van der Waals surface area contributed by atoms with Crippen molar-refractivity contribution in [3.63, 3.8) is 0 Å². The number of carbonyl (C=O) groups excluding carboxylic acids is 2. The largest absolute Gasteiger partial charge is 0.493 e. The first-order valence-electron chi connectivity index (χ1n) is 13.3. The quantitative estimate of drug-likeness (QED) is 0.300. The zero-order valence-electron chi connectivity index (χ0n) is 24.8. The number of ether oxygens (including phenoxy) is 2. The van der Waals surface area contributed by atoms with Crippen molar-refractivity contribution < 1.29 is 27.5 Å². The number of rotatable bonds is 12. The number of hydrogen-bond acceptors (Lipinski definition) is 6. The van der Waals surface area contributed by atoms with E-state index in [-0.39, 0.29) is 24.6 Å². The van der Waals surface area contributed by atoms with Crippen LogP contribution in [0.3, 0.4) is 0 Å². The number of sulfonamides is 1. The minimum Gasteiger partial charge on any atom is -0.493 e. The third-order valence-electron chi connectivity index (χ3n) is 6.37. The van der Waals surface area contributed by atoms with Gasteiger partial charge in [-0.2, -0.15) is 0 Å². The molecule has 0 saturated carbocycles. The lowest BCUT2D eigenvalue weighted by molar-refractivity contribution is -0.140.